The number of nitrogens with zero attached hydrogens (tertiary/aromatic N) is 1. The average Bonchev–Trinajstić information content (AvgIpc) is 2.16. The molecule has 12 heavy (non-hydrogen) atoms. The van der Waals surface area contributed by atoms with Crippen molar-refractivity contribution in [3.63, 3.8) is 0 Å². The summed E-state index contributed by atoms with van der Waals surface area (Å²) in [4.78, 5) is 0. The van der Waals surface area contributed by atoms with Crippen molar-refractivity contribution in [2.45, 2.75) is 0 Å². The van der Waals surface area contributed by atoms with Crippen molar-refractivity contribution in [3.05, 3.63) is 18.2 Å². The summed E-state index contributed by atoms with van der Waals surface area (Å²) in [7, 11) is 4.93. The van der Waals surface area contributed by atoms with E-state index in [1.54, 1.807) is 21.3 Å². The Morgan fingerprint density at radius 3 is 2.42 bits per heavy atom. The van der Waals surface area contributed by atoms with E-state index in [0.717, 1.165) is 5.69 Å². The molecule has 1 aromatic rings. The molecule has 0 spiro atoms. The maximum atomic E-state index is 5.14. The molecule has 0 aliphatic carbocycles. The van der Waals surface area contributed by atoms with Crippen LogP contribution in [0.2, 0.25) is 0 Å². The maximum Gasteiger partial charge on any atom is 0.186 e. The second-order valence-corrected chi connectivity index (χ2v) is 2.24. The van der Waals surface area contributed by atoms with E-state index in [0.29, 0.717) is 11.5 Å². The van der Waals surface area contributed by atoms with Crippen molar-refractivity contribution in [3.8, 4) is 11.5 Å². The van der Waals surface area contributed by atoms with Gasteiger partial charge in [0.25, 0.3) is 0 Å². The Morgan fingerprint density at radius 1 is 1.17 bits per heavy atom. The van der Waals surface area contributed by atoms with Crippen LogP contribution in [0.1, 0.15) is 0 Å². The predicted molar refractivity (Wildman–Crippen MR) is 47.3 cm³/mol. The molecule has 0 aliphatic rings. The number of rotatable bonds is 3. The summed E-state index contributed by atoms with van der Waals surface area (Å²) in [5.41, 5.74) is 0.803. The zero-order chi connectivity index (χ0) is 8.97. The summed E-state index contributed by atoms with van der Waals surface area (Å²) in [6.07, 6.45) is 0. The summed E-state index contributed by atoms with van der Waals surface area (Å²) in [6, 6.07) is 5.60. The molecule has 0 fully saturated rings. The number of methoxy groups -OCH3 is 2. The van der Waals surface area contributed by atoms with E-state index in [-0.39, 0.29) is 0 Å². The Kier molecular flexibility index (Phi) is 2.80. The van der Waals surface area contributed by atoms with E-state index in [1.807, 2.05) is 18.2 Å². The van der Waals surface area contributed by atoms with Crippen molar-refractivity contribution in [2.24, 2.45) is 0 Å². The molecule has 0 unspecified atom stereocenters. The lowest BCUT2D eigenvalue weighted by atomic mass is 10.2. The van der Waals surface area contributed by atoms with Gasteiger partial charge in [0.05, 0.1) is 14.2 Å². The average molecular weight is 166 g/mol. The second kappa shape index (κ2) is 3.85. The molecule has 0 aromatic heterocycles. The first-order valence-corrected chi connectivity index (χ1v) is 3.64. The largest absolute Gasteiger partial charge is 0.493 e. The maximum absolute atomic E-state index is 5.14. The molecule has 0 bridgehead atoms. The van der Waals surface area contributed by atoms with Gasteiger partial charge in [0.2, 0.25) is 0 Å². The van der Waals surface area contributed by atoms with Gasteiger partial charge in [-0.05, 0) is 12.1 Å². The van der Waals surface area contributed by atoms with Crippen LogP contribution in [0.3, 0.4) is 0 Å². The van der Waals surface area contributed by atoms with Gasteiger partial charge in [-0.2, -0.15) is 0 Å². The molecule has 0 saturated carbocycles. The van der Waals surface area contributed by atoms with Crippen molar-refractivity contribution >= 4 is 5.69 Å². The lowest BCUT2D eigenvalue weighted by Crippen LogP contribution is -1.95. The summed E-state index contributed by atoms with van der Waals surface area (Å²) < 4.78 is 10.2. The second-order valence-electron chi connectivity index (χ2n) is 2.24. The third-order valence-corrected chi connectivity index (χ3v) is 1.62. The number of benzene rings is 1. The van der Waals surface area contributed by atoms with Crippen LogP contribution >= 0.6 is 0 Å². The van der Waals surface area contributed by atoms with Gasteiger partial charge in [-0.1, -0.05) is 6.07 Å². The Bertz CT molecular complexity index is 238. The topological polar surface area (TPSA) is 32.6 Å². The van der Waals surface area contributed by atoms with E-state index in [9.17, 15) is 0 Å². The third-order valence-electron chi connectivity index (χ3n) is 1.62. The SMILES string of the molecule is C[N]c1cccc(OC)c1OC. The minimum atomic E-state index is 0.683. The van der Waals surface area contributed by atoms with Gasteiger partial charge in [0.1, 0.15) is 5.69 Å². The van der Waals surface area contributed by atoms with E-state index in [4.69, 9.17) is 9.47 Å². The highest BCUT2D eigenvalue weighted by Crippen LogP contribution is 2.34. The van der Waals surface area contributed by atoms with Crippen LogP contribution in [-0.4, -0.2) is 21.3 Å². The summed E-state index contributed by atoms with van der Waals surface area (Å²) in [6.45, 7) is 0. The molecule has 0 N–H and O–H groups in total. The van der Waals surface area contributed by atoms with Gasteiger partial charge in [0, 0.05) is 7.05 Å². The normalized spacial score (nSPS) is 9.25. The minimum Gasteiger partial charge on any atom is -0.493 e. The van der Waals surface area contributed by atoms with Crippen LogP contribution in [0.15, 0.2) is 18.2 Å². The molecule has 65 valence electrons. The Balaban J connectivity index is 3.13. The van der Waals surface area contributed by atoms with Crippen LogP contribution < -0.4 is 14.8 Å². The number of hydrogen-bond donors (Lipinski definition) is 0. The van der Waals surface area contributed by atoms with Crippen molar-refractivity contribution in [2.75, 3.05) is 21.3 Å². The Morgan fingerprint density at radius 2 is 1.92 bits per heavy atom. The van der Waals surface area contributed by atoms with Crippen LogP contribution in [0, 0.1) is 0 Å². The van der Waals surface area contributed by atoms with Crippen LogP contribution in [0.25, 0.3) is 0 Å². The van der Waals surface area contributed by atoms with Gasteiger partial charge < -0.3 is 9.47 Å². The van der Waals surface area contributed by atoms with Gasteiger partial charge in [-0.3, -0.25) is 5.32 Å². The van der Waals surface area contributed by atoms with Crippen LogP contribution in [0.4, 0.5) is 5.69 Å². The lowest BCUT2D eigenvalue weighted by molar-refractivity contribution is 0.355. The van der Waals surface area contributed by atoms with Gasteiger partial charge >= 0.3 is 0 Å². The highest BCUT2D eigenvalue weighted by molar-refractivity contribution is 5.58. The fourth-order valence-corrected chi connectivity index (χ4v) is 1.05. The summed E-state index contributed by atoms with van der Waals surface area (Å²) in [5.74, 6) is 1.39. The molecular formula is C9H12NO2. The highest BCUT2D eigenvalue weighted by atomic mass is 16.5. The number of para-hydroxylation sites is 1. The molecule has 0 amide bonds. The van der Waals surface area contributed by atoms with Crippen molar-refractivity contribution < 1.29 is 9.47 Å². The fourth-order valence-electron chi connectivity index (χ4n) is 1.05. The first kappa shape index (κ1) is 8.71. The molecule has 0 saturated heterocycles. The number of hydrogen-bond acceptors (Lipinski definition) is 2. The van der Waals surface area contributed by atoms with Crippen LogP contribution in [-0.2, 0) is 0 Å². The molecule has 3 heteroatoms. The van der Waals surface area contributed by atoms with Gasteiger partial charge in [-0.25, -0.2) is 0 Å². The van der Waals surface area contributed by atoms with Crippen molar-refractivity contribution in [1.82, 2.24) is 5.32 Å². The standard InChI is InChI=1S/C9H12NO2/c1-10-7-5-4-6-8(11-2)9(7)12-3/h4-6H,1-3H3. The molecule has 1 rings (SSSR count). The molecule has 0 atom stereocenters. The zero-order valence-corrected chi connectivity index (χ0v) is 7.50. The number of ether oxygens (including phenoxy) is 2. The molecule has 0 heterocycles. The van der Waals surface area contributed by atoms with E-state index < -0.39 is 0 Å². The van der Waals surface area contributed by atoms with E-state index >= 15 is 0 Å². The first-order valence-electron chi connectivity index (χ1n) is 3.64. The minimum absolute atomic E-state index is 0.683. The van der Waals surface area contributed by atoms with Crippen molar-refractivity contribution in [1.29, 1.82) is 0 Å². The van der Waals surface area contributed by atoms with Crippen LogP contribution in [0.5, 0.6) is 11.5 Å². The quantitative estimate of drug-likeness (QED) is 0.682. The third kappa shape index (κ3) is 1.44. The Hall–Kier alpha value is -1.38. The van der Waals surface area contributed by atoms with Gasteiger partial charge in [0.15, 0.2) is 11.5 Å². The highest BCUT2D eigenvalue weighted by Gasteiger charge is 2.07. The lowest BCUT2D eigenvalue weighted by Gasteiger charge is -2.09. The molecular weight excluding hydrogens is 154 g/mol. The predicted octanol–water partition coefficient (Wildman–Crippen LogP) is 1.57. The summed E-state index contributed by atoms with van der Waals surface area (Å²) in [5, 5.41) is 4.04. The Labute approximate surface area is 72.3 Å². The monoisotopic (exact) mass is 166 g/mol. The van der Waals surface area contributed by atoms with E-state index in [2.05, 4.69) is 5.32 Å². The molecule has 0 aliphatic heterocycles. The molecule has 1 aromatic carbocycles. The fraction of sp³-hybridized carbons (Fsp3) is 0.333. The first-order chi connectivity index (χ1) is 5.83. The molecule has 3 nitrogen and oxygen atoms in total. The smallest absolute Gasteiger partial charge is 0.186 e. The molecule has 1 radical (unpaired) electrons. The van der Waals surface area contributed by atoms with Gasteiger partial charge in [-0.15, -0.1) is 0 Å². The van der Waals surface area contributed by atoms with E-state index in [1.165, 1.54) is 0 Å². The zero-order valence-electron chi connectivity index (χ0n) is 7.50. The summed E-state index contributed by atoms with van der Waals surface area (Å²) >= 11 is 0.